The van der Waals surface area contributed by atoms with E-state index < -0.39 is 5.91 Å². The molecule has 6 nitrogen and oxygen atoms in total. The molecule has 2 aliphatic rings. The lowest BCUT2D eigenvalue weighted by Crippen LogP contribution is -2.49. The number of nitrogens with two attached hydrogens (primary N) is 1. The smallest absolute Gasteiger partial charge is 0.250 e. The number of amides is 2. The predicted octanol–water partition coefficient (Wildman–Crippen LogP) is 3.78. The fourth-order valence-corrected chi connectivity index (χ4v) is 4.65. The van der Waals surface area contributed by atoms with Crippen LogP contribution in [0.15, 0.2) is 12.1 Å². The topological polar surface area (TPSA) is 79.5 Å². The minimum Gasteiger partial charge on any atom is -0.366 e. The van der Waals surface area contributed by atoms with Crippen LogP contribution in [0.25, 0.3) is 0 Å². The zero-order valence-electron chi connectivity index (χ0n) is 18.7. The summed E-state index contributed by atoms with van der Waals surface area (Å²) >= 11 is 0. The average Bonchev–Trinajstić information content (AvgIpc) is 2.76. The van der Waals surface area contributed by atoms with E-state index in [1.165, 1.54) is 32.1 Å². The van der Waals surface area contributed by atoms with E-state index in [1.54, 1.807) is 0 Å². The van der Waals surface area contributed by atoms with Gasteiger partial charge >= 0.3 is 0 Å². The van der Waals surface area contributed by atoms with E-state index in [0.717, 1.165) is 62.9 Å². The van der Waals surface area contributed by atoms with Crippen molar-refractivity contribution in [2.75, 3.05) is 31.1 Å². The Labute approximate surface area is 181 Å². The Balaban J connectivity index is 1.54. The molecule has 2 N–H and O–H groups in total. The number of anilines is 1. The lowest BCUT2D eigenvalue weighted by atomic mass is 9.86. The van der Waals surface area contributed by atoms with E-state index in [4.69, 9.17) is 10.7 Å². The number of nitrogens with zero attached hydrogens (tertiary/aromatic N) is 3. The molecular weight excluding hydrogens is 376 g/mol. The molecular formula is C24H38N4O2. The molecule has 3 rings (SSSR count). The number of aromatic nitrogens is 1. The maximum absolute atomic E-state index is 12.6. The molecule has 0 aromatic carbocycles. The summed E-state index contributed by atoms with van der Waals surface area (Å²) in [4.78, 5) is 33.4. The standard InChI is InChI=1S/C24H38N4O2/c1-18(2)8-11-21-20(24(25)30)10-12-22(26-21)27-14-16-28(17-15-27)23(29)13-9-19-6-4-3-5-7-19/h10,12,18-19H,3-9,11,13-17H2,1-2H3,(H2,25,30). The number of aryl methyl sites for hydroxylation is 1. The SMILES string of the molecule is CC(C)CCc1nc(N2CCN(C(=O)CCC3CCCCC3)CC2)ccc1C(N)=O. The Morgan fingerprint density at radius 3 is 2.43 bits per heavy atom. The lowest BCUT2D eigenvalue weighted by molar-refractivity contribution is -0.131. The summed E-state index contributed by atoms with van der Waals surface area (Å²) in [6.45, 7) is 7.37. The maximum Gasteiger partial charge on any atom is 0.250 e. The van der Waals surface area contributed by atoms with Crippen LogP contribution in [0.3, 0.4) is 0 Å². The Morgan fingerprint density at radius 1 is 1.10 bits per heavy atom. The van der Waals surface area contributed by atoms with Gasteiger partial charge in [-0.25, -0.2) is 4.98 Å². The van der Waals surface area contributed by atoms with E-state index in [-0.39, 0.29) is 0 Å². The molecule has 1 saturated carbocycles. The van der Waals surface area contributed by atoms with Crippen LogP contribution in [-0.4, -0.2) is 47.9 Å². The highest BCUT2D eigenvalue weighted by molar-refractivity contribution is 5.94. The van der Waals surface area contributed by atoms with Crippen LogP contribution < -0.4 is 10.6 Å². The van der Waals surface area contributed by atoms with E-state index in [0.29, 0.717) is 23.8 Å². The number of carbonyl (C=O) groups excluding carboxylic acids is 2. The third-order valence-electron chi connectivity index (χ3n) is 6.63. The zero-order chi connectivity index (χ0) is 21.5. The highest BCUT2D eigenvalue weighted by atomic mass is 16.2. The van der Waals surface area contributed by atoms with Crippen molar-refractivity contribution >= 4 is 17.6 Å². The summed E-state index contributed by atoms with van der Waals surface area (Å²) in [5.74, 6) is 2.06. The fraction of sp³-hybridized carbons (Fsp3) is 0.708. The van der Waals surface area contributed by atoms with Crippen LogP contribution in [0.2, 0.25) is 0 Å². The van der Waals surface area contributed by atoms with Crippen molar-refractivity contribution in [1.82, 2.24) is 9.88 Å². The zero-order valence-corrected chi connectivity index (χ0v) is 18.7. The molecule has 0 spiro atoms. The lowest BCUT2D eigenvalue weighted by Gasteiger charge is -2.36. The second kappa shape index (κ2) is 10.8. The first-order valence-corrected chi connectivity index (χ1v) is 11.8. The van der Waals surface area contributed by atoms with E-state index in [9.17, 15) is 9.59 Å². The third kappa shape index (κ3) is 6.19. The summed E-state index contributed by atoms with van der Waals surface area (Å²) < 4.78 is 0. The Morgan fingerprint density at radius 2 is 1.80 bits per heavy atom. The molecule has 2 heterocycles. The molecule has 6 heteroatoms. The predicted molar refractivity (Wildman–Crippen MR) is 121 cm³/mol. The molecule has 0 atom stereocenters. The van der Waals surface area contributed by atoms with Gasteiger partial charge < -0.3 is 15.5 Å². The summed E-state index contributed by atoms with van der Waals surface area (Å²) in [5.41, 5.74) is 6.86. The number of hydrogen-bond donors (Lipinski definition) is 1. The molecule has 30 heavy (non-hydrogen) atoms. The molecule has 1 aliphatic heterocycles. The first-order chi connectivity index (χ1) is 14.4. The Bertz CT molecular complexity index is 720. The van der Waals surface area contributed by atoms with Crippen LogP contribution in [0.4, 0.5) is 5.82 Å². The molecule has 1 aromatic rings. The first kappa shape index (κ1) is 22.6. The van der Waals surface area contributed by atoms with Gasteiger partial charge in [-0.15, -0.1) is 0 Å². The fourth-order valence-electron chi connectivity index (χ4n) is 4.65. The molecule has 1 saturated heterocycles. The number of primary amides is 1. The van der Waals surface area contributed by atoms with E-state index >= 15 is 0 Å². The minimum atomic E-state index is -0.416. The highest BCUT2D eigenvalue weighted by Gasteiger charge is 2.24. The van der Waals surface area contributed by atoms with Gasteiger partial charge in [0.15, 0.2) is 0 Å². The molecule has 166 valence electrons. The molecule has 0 bridgehead atoms. The Kier molecular flexibility index (Phi) is 8.11. The third-order valence-corrected chi connectivity index (χ3v) is 6.63. The van der Waals surface area contributed by atoms with Gasteiger partial charge in [-0.3, -0.25) is 9.59 Å². The van der Waals surface area contributed by atoms with Crippen molar-refractivity contribution in [2.24, 2.45) is 17.6 Å². The molecule has 1 aliphatic carbocycles. The number of carbonyl (C=O) groups is 2. The van der Waals surface area contributed by atoms with Gasteiger partial charge in [0.05, 0.1) is 11.3 Å². The van der Waals surface area contributed by atoms with Crippen molar-refractivity contribution in [2.45, 2.75) is 71.6 Å². The average molecular weight is 415 g/mol. The van der Waals surface area contributed by atoms with Crippen LogP contribution in [0.5, 0.6) is 0 Å². The number of piperazine rings is 1. The van der Waals surface area contributed by atoms with E-state index in [2.05, 4.69) is 18.7 Å². The second-order valence-corrected chi connectivity index (χ2v) is 9.37. The summed E-state index contributed by atoms with van der Waals surface area (Å²) in [6.07, 6.45) is 10.1. The van der Waals surface area contributed by atoms with Crippen molar-refractivity contribution in [3.05, 3.63) is 23.4 Å². The maximum atomic E-state index is 12.6. The van der Waals surface area contributed by atoms with Crippen LogP contribution in [0, 0.1) is 11.8 Å². The summed E-state index contributed by atoms with van der Waals surface area (Å²) in [5, 5.41) is 0. The van der Waals surface area contributed by atoms with Crippen LogP contribution in [-0.2, 0) is 11.2 Å². The second-order valence-electron chi connectivity index (χ2n) is 9.37. The summed E-state index contributed by atoms with van der Waals surface area (Å²) in [7, 11) is 0. The van der Waals surface area contributed by atoms with Crippen LogP contribution >= 0.6 is 0 Å². The molecule has 2 fully saturated rings. The quantitative estimate of drug-likeness (QED) is 0.702. The number of rotatable bonds is 8. The van der Waals surface area contributed by atoms with Crippen molar-refractivity contribution in [3.63, 3.8) is 0 Å². The molecule has 2 amide bonds. The van der Waals surface area contributed by atoms with Gasteiger partial charge in [0.2, 0.25) is 5.91 Å². The van der Waals surface area contributed by atoms with Gasteiger partial charge in [-0.2, -0.15) is 0 Å². The van der Waals surface area contributed by atoms with Crippen molar-refractivity contribution in [1.29, 1.82) is 0 Å². The largest absolute Gasteiger partial charge is 0.366 e. The van der Waals surface area contributed by atoms with Crippen LogP contribution in [0.1, 0.15) is 81.3 Å². The molecule has 0 radical (unpaired) electrons. The number of pyridine rings is 1. The minimum absolute atomic E-state index is 0.301. The molecule has 0 unspecified atom stereocenters. The van der Waals surface area contributed by atoms with Gasteiger partial charge in [0.25, 0.3) is 5.91 Å². The highest BCUT2D eigenvalue weighted by Crippen LogP contribution is 2.27. The monoisotopic (exact) mass is 414 g/mol. The van der Waals surface area contributed by atoms with Gasteiger partial charge in [0.1, 0.15) is 5.82 Å². The van der Waals surface area contributed by atoms with Crippen molar-refractivity contribution < 1.29 is 9.59 Å². The Hall–Kier alpha value is -2.11. The van der Waals surface area contributed by atoms with Crippen molar-refractivity contribution in [3.8, 4) is 0 Å². The number of hydrogen-bond acceptors (Lipinski definition) is 4. The van der Waals surface area contributed by atoms with Gasteiger partial charge in [0, 0.05) is 32.6 Å². The normalized spacial score (nSPS) is 18.1. The van der Waals surface area contributed by atoms with Gasteiger partial charge in [-0.1, -0.05) is 46.0 Å². The first-order valence-electron chi connectivity index (χ1n) is 11.8. The summed E-state index contributed by atoms with van der Waals surface area (Å²) in [6, 6.07) is 3.70. The van der Waals surface area contributed by atoms with Gasteiger partial charge in [-0.05, 0) is 43.2 Å². The van der Waals surface area contributed by atoms with E-state index in [1.807, 2.05) is 17.0 Å². The molecule has 1 aromatic heterocycles.